The Hall–Kier alpha value is -1.04. The third-order valence-electron chi connectivity index (χ3n) is 2.11. The largest absolute Gasteiger partial charge is 0.249 e. The summed E-state index contributed by atoms with van der Waals surface area (Å²) >= 11 is 1.72. The second-order valence-electron chi connectivity index (χ2n) is 3.28. The minimum atomic E-state index is 1.01. The van der Waals surface area contributed by atoms with Gasteiger partial charge in [-0.3, -0.25) is 0 Å². The molecule has 0 saturated carbocycles. The van der Waals surface area contributed by atoms with Crippen LogP contribution in [0.1, 0.15) is 0 Å². The van der Waals surface area contributed by atoms with Gasteiger partial charge in [-0.2, -0.15) is 0 Å². The van der Waals surface area contributed by atoms with Crippen molar-refractivity contribution in [3.8, 4) is 0 Å². The lowest BCUT2D eigenvalue weighted by Crippen LogP contribution is -1.73. The molecule has 0 atom stereocenters. The number of rotatable bonds is 3. The molecule has 0 aliphatic heterocycles. The van der Waals surface area contributed by atoms with Crippen molar-refractivity contribution in [2.24, 2.45) is 0 Å². The first-order valence-corrected chi connectivity index (χ1v) is 7.99. The summed E-state index contributed by atoms with van der Waals surface area (Å²) in [5.74, 6) is 0. The van der Waals surface area contributed by atoms with Crippen molar-refractivity contribution in [1.82, 2.24) is 9.97 Å². The molecular formula is C12H8N2S3. The van der Waals surface area contributed by atoms with E-state index in [1.54, 1.807) is 39.1 Å². The molecule has 3 aromatic rings. The van der Waals surface area contributed by atoms with E-state index in [9.17, 15) is 0 Å². The average molecular weight is 276 g/mol. The fraction of sp³-hybridized carbons (Fsp3) is 0. The Labute approximate surface area is 111 Å². The van der Waals surface area contributed by atoms with E-state index in [2.05, 4.69) is 16.0 Å². The average Bonchev–Trinajstić information content (AvgIpc) is 2.80. The first kappa shape index (κ1) is 11.1. The van der Waals surface area contributed by atoms with E-state index in [0.29, 0.717) is 0 Å². The number of nitrogens with zero attached hydrogens (tertiary/aromatic N) is 2. The molecule has 0 radical (unpaired) electrons. The normalized spacial score (nSPS) is 10.8. The molecule has 1 aromatic carbocycles. The van der Waals surface area contributed by atoms with Crippen molar-refractivity contribution in [3.63, 3.8) is 0 Å². The minimum absolute atomic E-state index is 1.01. The molecule has 3 rings (SSSR count). The van der Waals surface area contributed by atoms with Gasteiger partial charge >= 0.3 is 0 Å². The highest BCUT2D eigenvalue weighted by atomic mass is 33.1. The Morgan fingerprint density at radius 1 is 0.941 bits per heavy atom. The van der Waals surface area contributed by atoms with E-state index in [4.69, 9.17) is 0 Å². The highest BCUT2D eigenvalue weighted by Crippen LogP contribution is 2.39. The van der Waals surface area contributed by atoms with Crippen molar-refractivity contribution in [1.29, 1.82) is 0 Å². The summed E-state index contributed by atoms with van der Waals surface area (Å²) in [4.78, 5) is 8.83. The minimum Gasteiger partial charge on any atom is -0.249 e. The molecular weight excluding hydrogens is 268 g/mol. The van der Waals surface area contributed by atoms with Gasteiger partial charge in [0.2, 0.25) is 0 Å². The molecule has 2 aromatic heterocycles. The highest BCUT2D eigenvalue weighted by molar-refractivity contribution is 8.77. The SMILES string of the molecule is c1ccc(SSc2nc3ccccc3s2)nc1. The van der Waals surface area contributed by atoms with Crippen molar-refractivity contribution in [2.75, 3.05) is 0 Å². The summed E-state index contributed by atoms with van der Waals surface area (Å²) in [5.41, 5.74) is 1.07. The number of para-hydroxylation sites is 1. The maximum Gasteiger partial charge on any atom is 0.162 e. The van der Waals surface area contributed by atoms with Gasteiger partial charge in [0.25, 0.3) is 0 Å². The summed E-state index contributed by atoms with van der Waals surface area (Å²) < 4.78 is 2.30. The molecule has 0 spiro atoms. The lowest BCUT2D eigenvalue weighted by atomic mass is 10.3. The van der Waals surface area contributed by atoms with Gasteiger partial charge in [0.15, 0.2) is 4.34 Å². The molecule has 0 bridgehead atoms. The summed E-state index contributed by atoms with van der Waals surface area (Å²) in [6.45, 7) is 0. The Kier molecular flexibility index (Phi) is 3.31. The summed E-state index contributed by atoms with van der Waals surface area (Å²) in [5, 5.41) is 1.01. The molecule has 0 unspecified atom stereocenters. The van der Waals surface area contributed by atoms with Crippen molar-refractivity contribution >= 4 is 43.1 Å². The zero-order chi connectivity index (χ0) is 11.5. The second kappa shape index (κ2) is 5.08. The first-order chi connectivity index (χ1) is 8.42. The van der Waals surface area contributed by atoms with Crippen LogP contribution in [0.5, 0.6) is 0 Å². The number of benzene rings is 1. The molecule has 0 amide bonds. The van der Waals surface area contributed by atoms with Gasteiger partial charge in [-0.05, 0) is 45.9 Å². The summed E-state index contributed by atoms with van der Waals surface area (Å²) in [7, 11) is 3.30. The van der Waals surface area contributed by atoms with Crippen molar-refractivity contribution in [2.45, 2.75) is 9.37 Å². The van der Waals surface area contributed by atoms with Gasteiger partial charge in [0, 0.05) is 6.20 Å². The monoisotopic (exact) mass is 276 g/mol. The maximum atomic E-state index is 4.56. The topological polar surface area (TPSA) is 25.8 Å². The molecule has 2 nitrogen and oxygen atoms in total. The van der Waals surface area contributed by atoms with Gasteiger partial charge in [0.1, 0.15) is 5.03 Å². The molecule has 0 saturated heterocycles. The molecule has 0 fully saturated rings. The van der Waals surface area contributed by atoms with E-state index in [-0.39, 0.29) is 0 Å². The quantitative estimate of drug-likeness (QED) is 0.658. The van der Waals surface area contributed by atoms with Crippen molar-refractivity contribution < 1.29 is 0 Å². The van der Waals surface area contributed by atoms with Gasteiger partial charge in [-0.1, -0.05) is 18.2 Å². The Morgan fingerprint density at radius 2 is 1.82 bits per heavy atom. The fourth-order valence-electron chi connectivity index (χ4n) is 1.36. The number of hydrogen-bond acceptors (Lipinski definition) is 5. The number of fused-ring (bicyclic) bond motifs is 1. The zero-order valence-corrected chi connectivity index (χ0v) is 11.2. The van der Waals surface area contributed by atoms with Crippen LogP contribution in [0.4, 0.5) is 0 Å². The third kappa shape index (κ3) is 2.62. The van der Waals surface area contributed by atoms with Crippen LogP contribution in [0, 0.1) is 0 Å². The molecule has 2 heterocycles. The highest BCUT2D eigenvalue weighted by Gasteiger charge is 2.04. The number of hydrogen-bond donors (Lipinski definition) is 0. The molecule has 0 aliphatic carbocycles. The standard InChI is InChI=1S/C12H8N2S3/c1-2-6-10-9(5-1)14-12(15-10)17-16-11-7-3-4-8-13-11/h1-8H. The van der Waals surface area contributed by atoms with Gasteiger partial charge < -0.3 is 0 Å². The first-order valence-electron chi connectivity index (χ1n) is 5.03. The van der Waals surface area contributed by atoms with Crippen molar-refractivity contribution in [3.05, 3.63) is 48.7 Å². The van der Waals surface area contributed by atoms with E-state index in [1.807, 2.05) is 36.4 Å². The summed E-state index contributed by atoms with van der Waals surface area (Å²) in [6.07, 6.45) is 1.81. The molecule has 0 N–H and O–H groups in total. The van der Waals surface area contributed by atoms with Crippen LogP contribution in [-0.4, -0.2) is 9.97 Å². The zero-order valence-electron chi connectivity index (χ0n) is 8.74. The van der Waals surface area contributed by atoms with E-state index < -0.39 is 0 Å². The molecule has 84 valence electrons. The summed E-state index contributed by atoms with van der Waals surface area (Å²) in [6, 6.07) is 14.1. The second-order valence-corrected chi connectivity index (χ2v) is 6.71. The Balaban J connectivity index is 1.77. The van der Waals surface area contributed by atoms with Crippen LogP contribution in [0.15, 0.2) is 58.0 Å². The third-order valence-corrected chi connectivity index (χ3v) is 5.72. The fourth-order valence-corrected chi connectivity index (χ4v) is 4.48. The van der Waals surface area contributed by atoms with Gasteiger partial charge in [-0.25, -0.2) is 9.97 Å². The number of thiazole rings is 1. The molecule has 0 aliphatic rings. The van der Waals surface area contributed by atoms with Crippen LogP contribution >= 0.6 is 32.9 Å². The molecule has 5 heteroatoms. The maximum absolute atomic E-state index is 4.56. The lowest BCUT2D eigenvalue weighted by Gasteiger charge is -1.94. The van der Waals surface area contributed by atoms with Crippen LogP contribution in [0.25, 0.3) is 10.2 Å². The number of pyridine rings is 1. The molecule has 17 heavy (non-hydrogen) atoms. The van der Waals surface area contributed by atoms with Crippen LogP contribution in [0.3, 0.4) is 0 Å². The Morgan fingerprint density at radius 3 is 2.65 bits per heavy atom. The van der Waals surface area contributed by atoms with E-state index in [1.165, 1.54) is 4.70 Å². The van der Waals surface area contributed by atoms with Crippen LogP contribution < -0.4 is 0 Å². The van der Waals surface area contributed by atoms with Gasteiger partial charge in [0.05, 0.1) is 10.2 Å². The number of aromatic nitrogens is 2. The van der Waals surface area contributed by atoms with E-state index >= 15 is 0 Å². The lowest BCUT2D eigenvalue weighted by molar-refractivity contribution is 1.14. The van der Waals surface area contributed by atoms with Crippen LogP contribution in [-0.2, 0) is 0 Å². The smallest absolute Gasteiger partial charge is 0.162 e. The van der Waals surface area contributed by atoms with E-state index in [0.717, 1.165) is 14.9 Å². The predicted octanol–water partition coefficient (Wildman–Crippen LogP) is 4.49. The van der Waals surface area contributed by atoms with Gasteiger partial charge in [-0.15, -0.1) is 11.3 Å². The van der Waals surface area contributed by atoms with Crippen LogP contribution in [0.2, 0.25) is 0 Å². The predicted molar refractivity (Wildman–Crippen MR) is 75.6 cm³/mol. The Bertz CT molecular complexity index is 589.